The van der Waals surface area contributed by atoms with Crippen LogP contribution in [-0.4, -0.2) is 87.9 Å². The third kappa shape index (κ3) is 12.3. The average Bonchev–Trinajstić information content (AvgIpc) is 3.36. The van der Waals surface area contributed by atoms with Crippen LogP contribution >= 0.6 is 0 Å². The zero-order valence-electron chi connectivity index (χ0n) is 35.2. The number of allylic oxidation sites excluding steroid dienone is 8. The van der Waals surface area contributed by atoms with Crippen molar-refractivity contribution in [1.82, 2.24) is 0 Å². The molecule has 4 aliphatic rings. The van der Waals surface area contributed by atoms with Crippen molar-refractivity contribution in [3.63, 3.8) is 0 Å². The molecular weight excluding hydrogens is 723 g/mol. The number of hydrogen-bond acceptors (Lipinski definition) is 9. The second-order valence-electron chi connectivity index (χ2n) is 17.4. The molecule has 4 saturated heterocycles. The van der Waals surface area contributed by atoms with Gasteiger partial charge in [-0.25, -0.2) is 0 Å². The first-order chi connectivity index (χ1) is 27.2. The molecule has 0 spiro atoms. The fourth-order valence-corrected chi connectivity index (χ4v) is 8.99. The number of unbranched alkanes of at least 4 members (excludes halogenated alkanes) is 1. The third-order valence-corrected chi connectivity index (χ3v) is 12.7. The van der Waals surface area contributed by atoms with Crippen molar-refractivity contribution in [2.24, 2.45) is 5.92 Å². The van der Waals surface area contributed by atoms with Gasteiger partial charge in [0.1, 0.15) is 6.10 Å². The van der Waals surface area contributed by atoms with Gasteiger partial charge in [0.2, 0.25) is 0 Å². The van der Waals surface area contributed by atoms with E-state index in [0.29, 0.717) is 32.3 Å². The van der Waals surface area contributed by atoms with Gasteiger partial charge >= 0.3 is 0 Å². The predicted octanol–water partition coefficient (Wildman–Crippen LogP) is 9.54. The van der Waals surface area contributed by atoms with Crippen molar-refractivity contribution in [3.05, 3.63) is 94.1 Å². The lowest BCUT2D eigenvalue weighted by atomic mass is 9.80. The van der Waals surface area contributed by atoms with Gasteiger partial charge in [0.05, 0.1) is 71.6 Å². The molecule has 4 fully saturated rings. The van der Waals surface area contributed by atoms with E-state index in [1.807, 2.05) is 25.2 Å². The number of hydrogen-bond donors (Lipinski definition) is 2. The van der Waals surface area contributed by atoms with E-state index in [1.54, 1.807) is 18.2 Å². The molecule has 2 N–H and O–H groups in total. The molecule has 10 nitrogen and oxygen atoms in total. The Labute approximate surface area is 341 Å². The fraction of sp³-hybridized carbons (Fsp3) is 0.660. The summed E-state index contributed by atoms with van der Waals surface area (Å²) in [5, 5.41) is 34.0. The minimum Gasteiger partial charge on any atom is -0.390 e. The molecule has 10 heteroatoms. The Morgan fingerprint density at radius 2 is 1.82 bits per heavy atom. The molecule has 0 saturated carbocycles. The zero-order chi connectivity index (χ0) is 41.2. The smallest absolute Gasteiger partial charge is 0.269 e. The van der Waals surface area contributed by atoms with E-state index < -0.39 is 28.3 Å². The molecular formula is C47H69NO9. The van der Waals surface area contributed by atoms with Crippen LogP contribution in [0.25, 0.3) is 6.08 Å². The summed E-state index contributed by atoms with van der Waals surface area (Å²) in [5.41, 5.74) is 1.73. The molecule has 12 unspecified atom stereocenters. The number of nitro benzene ring substituents is 1. The second-order valence-corrected chi connectivity index (χ2v) is 17.4. The number of aliphatic hydroxyl groups is 2. The Morgan fingerprint density at radius 1 is 1.05 bits per heavy atom. The Balaban J connectivity index is 1.17. The van der Waals surface area contributed by atoms with Crippen molar-refractivity contribution < 1.29 is 38.8 Å². The largest absolute Gasteiger partial charge is 0.390 e. The van der Waals surface area contributed by atoms with Crippen LogP contribution in [0.5, 0.6) is 0 Å². The van der Waals surface area contributed by atoms with E-state index in [-0.39, 0.29) is 54.3 Å². The summed E-state index contributed by atoms with van der Waals surface area (Å²) in [5.74, 6) is 0.277. The highest BCUT2D eigenvalue weighted by molar-refractivity contribution is 5.54. The molecule has 0 radical (unpaired) electrons. The van der Waals surface area contributed by atoms with Crippen molar-refractivity contribution in [2.75, 3.05) is 6.61 Å². The number of non-ortho nitro benzene ring substituents is 1. The summed E-state index contributed by atoms with van der Waals surface area (Å²) >= 11 is 0. The minimum atomic E-state index is -0.948. The Morgan fingerprint density at radius 3 is 2.54 bits per heavy atom. The number of benzene rings is 1. The summed E-state index contributed by atoms with van der Waals surface area (Å²) in [7, 11) is 0. The summed E-state index contributed by atoms with van der Waals surface area (Å²) in [6.07, 6.45) is 21.0. The van der Waals surface area contributed by atoms with Gasteiger partial charge in [0, 0.05) is 25.0 Å². The van der Waals surface area contributed by atoms with Crippen molar-refractivity contribution in [2.45, 2.75) is 185 Å². The maximum Gasteiger partial charge on any atom is 0.269 e. The van der Waals surface area contributed by atoms with Gasteiger partial charge < -0.3 is 33.9 Å². The minimum absolute atomic E-state index is 0.0314. The highest BCUT2D eigenvalue weighted by Crippen LogP contribution is 2.44. The van der Waals surface area contributed by atoms with E-state index >= 15 is 0 Å². The van der Waals surface area contributed by atoms with Crippen LogP contribution in [0.1, 0.15) is 124 Å². The lowest BCUT2D eigenvalue weighted by Crippen LogP contribution is -2.54. The molecule has 1 aromatic rings. The molecule has 57 heavy (non-hydrogen) atoms. The number of aliphatic hydroxyl groups excluding tert-OH is 1. The molecule has 0 amide bonds. The standard InChI is InChI=1S/C47H69NO9/c1-8-10-12-13-21-43-46(6,50)27-26-41(40(55-43)19-11-9-2)54-37-29-42-45(53-31-37)38(49)30-47(7)44(56-42)28-34(5)39(57-47)20-15-17-33(4)32(3)16-14-18-35-22-24-36(25-23-35)48(51)52/h8,10,12,14,16-18,22-25,34,37-45,49-50H,1,9,11,13,15,19-21,26-31H2,2-7H3/b12-10-,18-14-,32-16+,33-17+. The van der Waals surface area contributed by atoms with Gasteiger partial charge in [-0.3, -0.25) is 10.1 Å². The van der Waals surface area contributed by atoms with Crippen LogP contribution in [0.3, 0.4) is 0 Å². The lowest BCUT2D eigenvalue weighted by Gasteiger charge is -2.47. The van der Waals surface area contributed by atoms with E-state index in [9.17, 15) is 20.3 Å². The Bertz CT molecular complexity index is 1580. The number of rotatable bonds is 16. The quantitative estimate of drug-likeness (QED) is 0.0956. The van der Waals surface area contributed by atoms with Gasteiger partial charge in [0.15, 0.2) is 0 Å². The Hall–Kier alpha value is -2.96. The maximum atomic E-state index is 11.6. The molecule has 12 atom stereocenters. The zero-order valence-corrected chi connectivity index (χ0v) is 35.2. The normalized spacial score (nSPS) is 36.7. The SMILES string of the molecule is C=C/C=C\CCC1OC(CCCC)C(OC2COC3C(O)CC4(C)OC(CC/C=C(C)/C(C)=C/C=C\c5ccc([N+](=O)[O-])cc5)C(C)CC4OC3C2)CCC1(C)O. The second kappa shape index (κ2) is 20.8. The highest BCUT2D eigenvalue weighted by Gasteiger charge is 2.53. The van der Waals surface area contributed by atoms with Crippen molar-refractivity contribution >= 4 is 11.8 Å². The summed E-state index contributed by atoms with van der Waals surface area (Å²) in [4.78, 5) is 10.5. The molecule has 0 aromatic heterocycles. The van der Waals surface area contributed by atoms with E-state index in [1.165, 1.54) is 17.7 Å². The summed E-state index contributed by atoms with van der Waals surface area (Å²) in [6.45, 7) is 16.7. The van der Waals surface area contributed by atoms with Gasteiger partial charge in [-0.15, -0.1) is 0 Å². The van der Waals surface area contributed by atoms with Crippen LogP contribution in [0.15, 0.2) is 78.4 Å². The number of nitro groups is 1. The van der Waals surface area contributed by atoms with Gasteiger partial charge in [-0.05, 0) is 108 Å². The van der Waals surface area contributed by atoms with E-state index in [0.717, 1.165) is 62.5 Å². The van der Waals surface area contributed by atoms with Crippen LogP contribution in [-0.2, 0) is 23.7 Å². The van der Waals surface area contributed by atoms with Gasteiger partial charge in [0.25, 0.3) is 5.69 Å². The van der Waals surface area contributed by atoms with Crippen LogP contribution < -0.4 is 0 Å². The molecule has 4 aliphatic heterocycles. The van der Waals surface area contributed by atoms with Crippen molar-refractivity contribution in [3.8, 4) is 0 Å². The van der Waals surface area contributed by atoms with E-state index in [2.05, 4.69) is 59.4 Å². The van der Waals surface area contributed by atoms with Gasteiger partial charge in [-0.2, -0.15) is 0 Å². The third-order valence-electron chi connectivity index (χ3n) is 12.7. The van der Waals surface area contributed by atoms with Crippen LogP contribution in [0, 0.1) is 16.0 Å². The van der Waals surface area contributed by atoms with Gasteiger partial charge in [-0.1, -0.05) is 81.4 Å². The molecule has 0 bridgehead atoms. The van der Waals surface area contributed by atoms with E-state index in [4.69, 9.17) is 23.7 Å². The topological polar surface area (TPSA) is 130 Å². The van der Waals surface area contributed by atoms with Crippen molar-refractivity contribution in [1.29, 1.82) is 0 Å². The maximum absolute atomic E-state index is 11.6. The predicted molar refractivity (Wildman–Crippen MR) is 225 cm³/mol. The number of ether oxygens (including phenoxy) is 5. The Kier molecular flexibility index (Phi) is 16.5. The number of nitrogens with zero attached hydrogens (tertiary/aromatic N) is 1. The fourth-order valence-electron chi connectivity index (χ4n) is 8.99. The number of fused-ring (bicyclic) bond motifs is 2. The first-order valence-electron chi connectivity index (χ1n) is 21.4. The van der Waals surface area contributed by atoms with Crippen LogP contribution in [0.4, 0.5) is 5.69 Å². The molecule has 316 valence electrons. The summed E-state index contributed by atoms with van der Waals surface area (Å²) in [6, 6.07) is 6.51. The molecule has 0 aliphatic carbocycles. The first-order valence-corrected chi connectivity index (χ1v) is 21.4. The monoisotopic (exact) mass is 791 g/mol. The molecule has 4 heterocycles. The molecule has 1 aromatic carbocycles. The highest BCUT2D eigenvalue weighted by atomic mass is 16.6. The lowest BCUT2D eigenvalue weighted by molar-refractivity contribution is -0.384. The average molecular weight is 792 g/mol. The van der Waals surface area contributed by atoms with Crippen LogP contribution in [0.2, 0.25) is 0 Å². The summed E-state index contributed by atoms with van der Waals surface area (Å²) < 4.78 is 33.7. The first kappa shape index (κ1) is 45.1. The molecule has 5 rings (SSSR count).